The van der Waals surface area contributed by atoms with Gasteiger partial charge in [0.05, 0.1) is 0 Å². The fourth-order valence-corrected chi connectivity index (χ4v) is 1.91. The molecule has 2 heterocycles. The summed E-state index contributed by atoms with van der Waals surface area (Å²) in [6, 6.07) is 1.81. The highest BCUT2D eigenvalue weighted by molar-refractivity contribution is 5.96. The van der Waals surface area contributed by atoms with Gasteiger partial charge in [-0.25, -0.2) is 0 Å². The van der Waals surface area contributed by atoms with Crippen LogP contribution in [-0.2, 0) is 6.54 Å². The van der Waals surface area contributed by atoms with Gasteiger partial charge in [0.1, 0.15) is 5.69 Å². The molecule has 0 amide bonds. The third kappa shape index (κ3) is 1.81. The van der Waals surface area contributed by atoms with Crippen LogP contribution in [0.1, 0.15) is 24.3 Å². The molecular weight excluding hydrogens is 190 g/mol. The lowest BCUT2D eigenvalue weighted by atomic mass is 9.85. The number of hydrogen-bond acceptors (Lipinski definition) is 3. The molecular formula is C11H17N3O. The lowest BCUT2D eigenvalue weighted by Crippen LogP contribution is -2.47. The van der Waals surface area contributed by atoms with Gasteiger partial charge in [0.25, 0.3) is 0 Å². The molecule has 15 heavy (non-hydrogen) atoms. The second kappa shape index (κ2) is 4.14. The second-order valence-electron chi connectivity index (χ2n) is 4.10. The average molecular weight is 207 g/mol. The Kier molecular flexibility index (Phi) is 2.86. The van der Waals surface area contributed by atoms with Gasteiger partial charge in [-0.2, -0.15) is 5.10 Å². The molecule has 1 aromatic rings. The predicted molar refractivity (Wildman–Crippen MR) is 57.8 cm³/mol. The number of aryl methyl sites for hydroxylation is 1. The standard InChI is InChI=1S/C11H17N3O/c1-3-14-10(4-5-13-14)11(15)8(2)9-6-12-7-9/h4-5,8-9,12H,3,6-7H2,1-2H3. The van der Waals surface area contributed by atoms with Gasteiger partial charge in [0, 0.05) is 18.7 Å². The van der Waals surface area contributed by atoms with Gasteiger partial charge in [0.2, 0.25) is 0 Å². The Balaban J connectivity index is 2.12. The molecule has 0 aromatic carbocycles. The number of carbonyl (C=O) groups excluding carboxylic acids is 1. The number of ketones is 1. The Labute approximate surface area is 89.7 Å². The van der Waals surface area contributed by atoms with Crippen molar-refractivity contribution >= 4 is 5.78 Å². The first kappa shape index (κ1) is 10.4. The molecule has 4 nitrogen and oxygen atoms in total. The minimum atomic E-state index is 0.105. The monoisotopic (exact) mass is 207 g/mol. The Morgan fingerprint density at radius 2 is 2.47 bits per heavy atom. The molecule has 1 unspecified atom stereocenters. The number of nitrogens with one attached hydrogen (secondary N) is 1. The van der Waals surface area contributed by atoms with Crippen molar-refractivity contribution in [2.75, 3.05) is 13.1 Å². The number of rotatable bonds is 4. The van der Waals surface area contributed by atoms with Crippen LogP contribution in [0.5, 0.6) is 0 Å². The first-order valence-electron chi connectivity index (χ1n) is 5.50. The van der Waals surface area contributed by atoms with Crippen LogP contribution in [0.4, 0.5) is 0 Å². The van der Waals surface area contributed by atoms with Crippen molar-refractivity contribution < 1.29 is 4.79 Å². The summed E-state index contributed by atoms with van der Waals surface area (Å²) in [6.45, 7) is 6.70. The molecule has 2 rings (SSSR count). The van der Waals surface area contributed by atoms with Crippen molar-refractivity contribution in [3.8, 4) is 0 Å². The lowest BCUT2D eigenvalue weighted by Gasteiger charge is -2.31. The minimum Gasteiger partial charge on any atom is -0.316 e. The quantitative estimate of drug-likeness (QED) is 0.747. The number of aromatic nitrogens is 2. The maximum atomic E-state index is 12.1. The van der Waals surface area contributed by atoms with E-state index >= 15 is 0 Å². The van der Waals surface area contributed by atoms with E-state index in [1.165, 1.54) is 0 Å². The maximum Gasteiger partial charge on any atom is 0.184 e. The van der Waals surface area contributed by atoms with Crippen molar-refractivity contribution in [1.29, 1.82) is 0 Å². The SMILES string of the molecule is CCn1nccc1C(=O)C(C)C1CNC1. The van der Waals surface area contributed by atoms with E-state index in [0.29, 0.717) is 5.92 Å². The van der Waals surface area contributed by atoms with E-state index in [1.54, 1.807) is 10.9 Å². The van der Waals surface area contributed by atoms with Crippen LogP contribution in [0, 0.1) is 11.8 Å². The van der Waals surface area contributed by atoms with Crippen molar-refractivity contribution in [3.05, 3.63) is 18.0 Å². The zero-order valence-electron chi connectivity index (χ0n) is 9.23. The Hall–Kier alpha value is -1.16. The highest BCUT2D eigenvalue weighted by atomic mass is 16.1. The predicted octanol–water partition coefficient (Wildman–Crippen LogP) is 0.941. The molecule has 1 aliphatic heterocycles. The Morgan fingerprint density at radius 3 is 3.00 bits per heavy atom. The van der Waals surface area contributed by atoms with Gasteiger partial charge in [-0.3, -0.25) is 9.48 Å². The normalized spacial score (nSPS) is 18.5. The molecule has 0 radical (unpaired) electrons. The van der Waals surface area contributed by atoms with Gasteiger partial charge < -0.3 is 5.32 Å². The van der Waals surface area contributed by atoms with Crippen molar-refractivity contribution in [3.63, 3.8) is 0 Å². The summed E-state index contributed by atoms with van der Waals surface area (Å²) in [5.41, 5.74) is 0.747. The second-order valence-corrected chi connectivity index (χ2v) is 4.10. The molecule has 0 spiro atoms. The highest BCUT2D eigenvalue weighted by Crippen LogP contribution is 2.20. The molecule has 0 bridgehead atoms. The molecule has 0 saturated carbocycles. The third-order valence-corrected chi connectivity index (χ3v) is 3.20. The summed E-state index contributed by atoms with van der Waals surface area (Å²) in [6.07, 6.45) is 1.70. The van der Waals surface area contributed by atoms with Gasteiger partial charge in [-0.05, 0) is 32.0 Å². The van der Waals surface area contributed by atoms with E-state index in [1.807, 2.05) is 19.9 Å². The number of hydrogen-bond donors (Lipinski definition) is 1. The maximum absolute atomic E-state index is 12.1. The van der Waals surface area contributed by atoms with E-state index in [-0.39, 0.29) is 11.7 Å². The van der Waals surface area contributed by atoms with E-state index in [9.17, 15) is 4.79 Å². The molecule has 0 aliphatic carbocycles. The van der Waals surface area contributed by atoms with Gasteiger partial charge in [-0.15, -0.1) is 0 Å². The summed E-state index contributed by atoms with van der Waals surface area (Å²) in [5.74, 6) is 0.826. The number of carbonyl (C=O) groups is 1. The fraction of sp³-hybridized carbons (Fsp3) is 0.636. The van der Waals surface area contributed by atoms with E-state index in [4.69, 9.17) is 0 Å². The summed E-state index contributed by atoms with van der Waals surface area (Å²) < 4.78 is 1.77. The zero-order chi connectivity index (χ0) is 10.8. The summed E-state index contributed by atoms with van der Waals surface area (Å²) in [7, 11) is 0. The number of Topliss-reactive ketones (excluding diaryl/α,β-unsaturated/α-hetero) is 1. The largest absolute Gasteiger partial charge is 0.316 e. The van der Waals surface area contributed by atoms with Gasteiger partial charge in [-0.1, -0.05) is 6.92 Å². The van der Waals surface area contributed by atoms with Crippen LogP contribution < -0.4 is 5.32 Å². The van der Waals surface area contributed by atoms with E-state index in [2.05, 4.69) is 10.4 Å². The highest BCUT2D eigenvalue weighted by Gasteiger charge is 2.30. The molecule has 82 valence electrons. The van der Waals surface area contributed by atoms with Gasteiger partial charge >= 0.3 is 0 Å². The van der Waals surface area contributed by atoms with Crippen molar-refractivity contribution in [1.82, 2.24) is 15.1 Å². The fourth-order valence-electron chi connectivity index (χ4n) is 1.91. The summed E-state index contributed by atoms with van der Waals surface area (Å²) >= 11 is 0. The van der Waals surface area contributed by atoms with Crippen LogP contribution in [-0.4, -0.2) is 28.7 Å². The molecule has 1 aliphatic rings. The average Bonchev–Trinajstić information content (AvgIpc) is 2.61. The van der Waals surface area contributed by atoms with E-state index in [0.717, 1.165) is 25.3 Å². The molecule has 1 atom stereocenters. The lowest BCUT2D eigenvalue weighted by molar-refractivity contribution is 0.0842. The summed E-state index contributed by atoms with van der Waals surface area (Å²) in [5, 5.41) is 7.32. The Bertz CT molecular complexity index is 354. The molecule has 4 heteroatoms. The third-order valence-electron chi connectivity index (χ3n) is 3.20. The van der Waals surface area contributed by atoms with Crippen LogP contribution >= 0.6 is 0 Å². The van der Waals surface area contributed by atoms with Crippen molar-refractivity contribution in [2.24, 2.45) is 11.8 Å². The topological polar surface area (TPSA) is 46.9 Å². The van der Waals surface area contributed by atoms with Gasteiger partial charge in [0.15, 0.2) is 5.78 Å². The van der Waals surface area contributed by atoms with Crippen LogP contribution in [0.2, 0.25) is 0 Å². The molecule has 1 fully saturated rings. The van der Waals surface area contributed by atoms with Crippen LogP contribution in [0.3, 0.4) is 0 Å². The molecule has 1 N–H and O–H groups in total. The van der Waals surface area contributed by atoms with Crippen LogP contribution in [0.25, 0.3) is 0 Å². The summed E-state index contributed by atoms with van der Waals surface area (Å²) in [4.78, 5) is 12.1. The van der Waals surface area contributed by atoms with E-state index < -0.39 is 0 Å². The molecule has 1 saturated heterocycles. The zero-order valence-corrected chi connectivity index (χ0v) is 9.23. The number of nitrogens with zero attached hydrogens (tertiary/aromatic N) is 2. The first-order valence-corrected chi connectivity index (χ1v) is 5.50. The Morgan fingerprint density at radius 1 is 1.73 bits per heavy atom. The van der Waals surface area contributed by atoms with Crippen molar-refractivity contribution in [2.45, 2.75) is 20.4 Å². The molecule has 1 aromatic heterocycles. The first-order chi connectivity index (χ1) is 7.24. The smallest absolute Gasteiger partial charge is 0.184 e. The minimum absolute atomic E-state index is 0.105. The van der Waals surface area contributed by atoms with Crippen LogP contribution in [0.15, 0.2) is 12.3 Å².